The first-order valence-corrected chi connectivity index (χ1v) is 4.49. The van der Waals surface area contributed by atoms with E-state index in [1.54, 1.807) is 0 Å². The lowest BCUT2D eigenvalue weighted by molar-refractivity contribution is -0.143. The van der Waals surface area contributed by atoms with Gasteiger partial charge in [-0.25, -0.2) is 0 Å². The molecular formula is C9H17NO3. The van der Waals surface area contributed by atoms with Crippen LogP contribution >= 0.6 is 0 Å². The van der Waals surface area contributed by atoms with Crippen LogP contribution in [0.2, 0.25) is 0 Å². The number of ether oxygens (including phenoxy) is 1. The second-order valence-electron chi connectivity index (χ2n) is 3.22. The second-order valence-corrected chi connectivity index (χ2v) is 3.22. The molecule has 0 saturated heterocycles. The molecular weight excluding hydrogens is 170 g/mol. The summed E-state index contributed by atoms with van der Waals surface area (Å²) < 4.78 is 4.90. The molecule has 4 heteroatoms. The molecule has 0 aromatic heterocycles. The van der Waals surface area contributed by atoms with Crippen molar-refractivity contribution in [1.29, 1.82) is 0 Å². The van der Waals surface area contributed by atoms with E-state index in [-0.39, 0.29) is 12.4 Å². The standard InChI is InChI=1S/C9H17NO3/c1-8(2)4-6-13-9(12)3-5-10-7-11/h7-8H,3-6H2,1-2H3,(H,10,11). The van der Waals surface area contributed by atoms with Crippen LogP contribution < -0.4 is 5.32 Å². The van der Waals surface area contributed by atoms with E-state index >= 15 is 0 Å². The molecule has 76 valence electrons. The Bertz CT molecular complexity index is 157. The van der Waals surface area contributed by atoms with Crippen LogP contribution in [-0.2, 0) is 14.3 Å². The second kappa shape index (κ2) is 7.58. The Balaban J connectivity index is 3.25. The van der Waals surface area contributed by atoms with Crippen LogP contribution in [0.4, 0.5) is 0 Å². The minimum Gasteiger partial charge on any atom is -0.466 e. The Kier molecular flexibility index (Phi) is 6.96. The first-order valence-electron chi connectivity index (χ1n) is 4.49. The number of amides is 1. The molecule has 0 unspecified atom stereocenters. The van der Waals surface area contributed by atoms with Crippen molar-refractivity contribution >= 4 is 12.4 Å². The van der Waals surface area contributed by atoms with Crippen LogP contribution in [0.1, 0.15) is 26.7 Å². The molecule has 0 saturated carbocycles. The smallest absolute Gasteiger partial charge is 0.307 e. The minimum atomic E-state index is -0.255. The molecule has 13 heavy (non-hydrogen) atoms. The molecule has 0 fully saturated rings. The van der Waals surface area contributed by atoms with Crippen molar-refractivity contribution in [3.05, 3.63) is 0 Å². The van der Waals surface area contributed by atoms with Gasteiger partial charge in [0.1, 0.15) is 0 Å². The fourth-order valence-corrected chi connectivity index (χ4v) is 0.714. The highest BCUT2D eigenvalue weighted by Crippen LogP contribution is 1.99. The number of nitrogens with one attached hydrogen (secondary N) is 1. The minimum absolute atomic E-state index is 0.247. The first-order chi connectivity index (χ1) is 6.16. The van der Waals surface area contributed by atoms with Crippen molar-refractivity contribution in [2.24, 2.45) is 5.92 Å². The van der Waals surface area contributed by atoms with Gasteiger partial charge in [0.2, 0.25) is 6.41 Å². The summed E-state index contributed by atoms with van der Waals surface area (Å²) in [7, 11) is 0. The molecule has 1 amide bonds. The van der Waals surface area contributed by atoms with Crippen LogP contribution in [0.3, 0.4) is 0 Å². The Morgan fingerprint density at radius 1 is 1.54 bits per heavy atom. The van der Waals surface area contributed by atoms with E-state index in [1.165, 1.54) is 0 Å². The van der Waals surface area contributed by atoms with Gasteiger partial charge in [-0.1, -0.05) is 13.8 Å². The van der Waals surface area contributed by atoms with Gasteiger partial charge < -0.3 is 10.1 Å². The maximum atomic E-state index is 10.9. The molecule has 0 aliphatic carbocycles. The Morgan fingerprint density at radius 3 is 2.77 bits per heavy atom. The molecule has 0 aromatic carbocycles. The summed E-state index contributed by atoms with van der Waals surface area (Å²) in [6.07, 6.45) is 1.70. The molecule has 0 spiro atoms. The Labute approximate surface area is 78.6 Å². The van der Waals surface area contributed by atoms with E-state index in [2.05, 4.69) is 19.2 Å². The van der Waals surface area contributed by atoms with Gasteiger partial charge in [0.05, 0.1) is 13.0 Å². The zero-order valence-corrected chi connectivity index (χ0v) is 8.21. The van der Waals surface area contributed by atoms with Gasteiger partial charge in [-0.05, 0) is 12.3 Å². The van der Waals surface area contributed by atoms with E-state index in [9.17, 15) is 9.59 Å². The number of rotatable bonds is 7. The largest absolute Gasteiger partial charge is 0.466 e. The molecule has 0 rings (SSSR count). The molecule has 1 N–H and O–H groups in total. The lowest BCUT2D eigenvalue weighted by Crippen LogP contribution is -2.18. The van der Waals surface area contributed by atoms with Gasteiger partial charge >= 0.3 is 5.97 Å². The molecule has 0 heterocycles. The number of carbonyl (C=O) groups excluding carboxylic acids is 2. The zero-order chi connectivity index (χ0) is 10.1. The number of hydrogen-bond donors (Lipinski definition) is 1. The van der Waals surface area contributed by atoms with Crippen molar-refractivity contribution in [3.63, 3.8) is 0 Å². The van der Waals surface area contributed by atoms with Crippen LogP contribution in [0.15, 0.2) is 0 Å². The molecule has 0 aromatic rings. The van der Waals surface area contributed by atoms with Gasteiger partial charge in [-0.15, -0.1) is 0 Å². The quantitative estimate of drug-likeness (QED) is 0.363. The highest BCUT2D eigenvalue weighted by Gasteiger charge is 2.02. The highest BCUT2D eigenvalue weighted by atomic mass is 16.5. The molecule has 0 radical (unpaired) electrons. The summed E-state index contributed by atoms with van der Waals surface area (Å²) in [6, 6.07) is 0. The lowest BCUT2D eigenvalue weighted by Gasteiger charge is -2.06. The first kappa shape index (κ1) is 11.9. The third-order valence-electron chi connectivity index (χ3n) is 1.52. The summed E-state index contributed by atoms with van der Waals surface area (Å²) in [5.74, 6) is 0.288. The fraction of sp³-hybridized carbons (Fsp3) is 0.778. The van der Waals surface area contributed by atoms with Crippen molar-refractivity contribution < 1.29 is 14.3 Å². The average molecular weight is 187 g/mol. The summed E-state index contributed by atoms with van der Waals surface area (Å²) in [5, 5.41) is 2.40. The van der Waals surface area contributed by atoms with Crippen LogP contribution in [0, 0.1) is 5.92 Å². The number of esters is 1. The van der Waals surface area contributed by atoms with E-state index in [4.69, 9.17) is 4.74 Å². The van der Waals surface area contributed by atoms with Crippen molar-refractivity contribution in [2.75, 3.05) is 13.2 Å². The summed E-state index contributed by atoms with van der Waals surface area (Å²) in [5.41, 5.74) is 0. The van der Waals surface area contributed by atoms with Crippen molar-refractivity contribution in [3.8, 4) is 0 Å². The van der Waals surface area contributed by atoms with Gasteiger partial charge in [0.15, 0.2) is 0 Å². The van der Waals surface area contributed by atoms with Crippen LogP contribution in [0.25, 0.3) is 0 Å². The number of carbonyl (C=O) groups is 2. The zero-order valence-electron chi connectivity index (χ0n) is 8.21. The maximum Gasteiger partial charge on any atom is 0.307 e. The lowest BCUT2D eigenvalue weighted by atomic mass is 10.1. The van der Waals surface area contributed by atoms with E-state index < -0.39 is 0 Å². The molecule has 4 nitrogen and oxygen atoms in total. The molecule has 0 aliphatic rings. The van der Waals surface area contributed by atoms with E-state index in [0.29, 0.717) is 25.5 Å². The fourth-order valence-electron chi connectivity index (χ4n) is 0.714. The van der Waals surface area contributed by atoms with E-state index in [1.807, 2.05) is 0 Å². The summed E-state index contributed by atoms with van der Waals surface area (Å²) >= 11 is 0. The predicted octanol–water partition coefficient (Wildman–Crippen LogP) is 0.712. The topological polar surface area (TPSA) is 55.4 Å². The van der Waals surface area contributed by atoms with Gasteiger partial charge in [-0.2, -0.15) is 0 Å². The monoisotopic (exact) mass is 187 g/mol. The highest BCUT2D eigenvalue weighted by molar-refractivity contribution is 5.69. The third-order valence-corrected chi connectivity index (χ3v) is 1.52. The van der Waals surface area contributed by atoms with Gasteiger partial charge in [0, 0.05) is 6.54 Å². The molecule has 0 aliphatic heterocycles. The summed E-state index contributed by atoms with van der Waals surface area (Å²) in [4.78, 5) is 20.7. The van der Waals surface area contributed by atoms with Gasteiger partial charge in [-0.3, -0.25) is 9.59 Å². The SMILES string of the molecule is CC(C)CCOC(=O)CCNC=O. The third kappa shape index (κ3) is 8.85. The predicted molar refractivity (Wildman–Crippen MR) is 49.1 cm³/mol. The molecule has 0 bridgehead atoms. The molecule has 0 atom stereocenters. The van der Waals surface area contributed by atoms with Crippen LogP contribution in [0.5, 0.6) is 0 Å². The Hall–Kier alpha value is -1.06. The number of hydrogen-bond acceptors (Lipinski definition) is 3. The van der Waals surface area contributed by atoms with Crippen molar-refractivity contribution in [1.82, 2.24) is 5.32 Å². The van der Waals surface area contributed by atoms with E-state index in [0.717, 1.165) is 6.42 Å². The van der Waals surface area contributed by atoms with Gasteiger partial charge in [0.25, 0.3) is 0 Å². The summed E-state index contributed by atoms with van der Waals surface area (Å²) in [6.45, 7) is 4.96. The Morgan fingerprint density at radius 2 is 2.23 bits per heavy atom. The normalized spacial score (nSPS) is 9.77. The average Bonchev–Trinajstić information content (AvgIpc) is 2.04. The van der Waals surface area contributed by atoms with Crippen LogP contribution in [-0.4, -0.2) is 25.5 Å². The maximum absolute atomic E-state index is 10.9. The van der Waals surface area contributed by atoms with Crippen molar-refractivity contribution in [2.45, 2.75) is 26.7 Å².